The molecule has 0 aliphatic heterocycles. The van der Waals surface area contributed by atoms with Gasteiger partial charge in [0.1, 0.15) is 0 Å². The van der Waals surface area contributed by atoms with Crippen molar-refractivity contribution in [1.82, 2.24) is 0 Å². The van der Waals surface area contributed by atoms with Gasteiger partial charge in [-0.3, -0.25) is 0 Å². The molecule has 0 bridgehead atoms. The number of aryl methyl sites for hydroxylation is 1. The number of fused-ring (bicyclic) bond motifs is 1. The molecule has 1 aromatic rings. The Morgan fingerprint density at radius 3 is 2.35 bits per heavy atom. The predicted octanol–water partition coefficient (Wildman–Crippen LogP) is 1.45. The zero-order valence-electron chi connectivity index (χ0n) is 9.99. The molecule has 1 aliphatic carbocycles. The molecule has 4 heteroatoms. The fourth-order valence-electron chi connectivity index (χ4n) is 2.20. The first kappa shape index (κ1) is 11.7. The minimum Gasteiger partial charge on any atom is -0.493 e. The van der Waals surface area contributed by atoms with Gasteiger partial charge in [0, 0.05) is 6.42 Å². The summed E-state index contributed by atoms with van der Waals surface area (Å²) in [5, 5.41) is 18.9. The average molecular weight is 233 g/mol. The van der Waals surface area contributed by atoms with E-state index in [-0.39, 0.29) is 0 Å². The van der Waals surface area contributed by atoms with Crippen LogP contribution in [0.15, 0.2) is 12.1 Å². The molecule has 0 fully saturated rings. The van der Waals surface area contributed by atoms with E-state index in [4.69, 9.17) is 14.7 Å². The van der Waals surface area contributed by atoms with Crippen LogP contribution in [-0.4, -0.2) is 24.9 Å². The van der Waals surface area contributed by atoms with Crippen molar-refractivity contribution < 1.29 is 14.6 Å². The molecule has 0 aromatic heterocycles. The van der Waals surface area contributed by atoms with Crippen LogP contribution < -0.4 is 9.47 Å². The Bertz CT molecular complexity index is 478. The maximum atomic E-state index is 9.98. The van der Waals surface area contributed by atoms with E-state index in [0.717, 1.165) is 11.1 Å². The summed E-state index contributed by atoms with van der Waals surface area (Å²) in [7, 11) is 3.17. The van der Waals surface area contributed by atoms with E-state index < -0.39 is 5.60 Å². The summed E-state index contributed by atoms with van der Waals surface area (Å²) in [4.78, 5) is 0. The smallest absolute Gasteiger partial charge is 0.161 e. The number of aliphatic hydroxyl groups is 1. The minimum absolute atomic E-state index is 0.346. The largest absolute Gasteiger partial charge is 0.493 e. The van der Waals surface area contributed by atoms with E-state index in [1.807, 2.05) is 18.2 Å². The van der Waals surface area contributed by atoms with Crippen molar-refractivity contribution in [3.05, 3.63) is 23.3 Å². The molecule has 0 heterocycles. The standard InChI is InChI=1S/C13H15NO3/c1-16-11-5-9-3-4-13(15,8-14)7-10(9)6-12(11)17-2/h5-6,15H,3-4,7H2,1-2H3. The van der Waals surface area contributed by atoms with Crippen LogP contribution in [-0.2, 0) is 12.8 Å². The highest BCUT2D eigenvalue weighted by atomic mass is 16.5. The van der Waals surface area contributed by atoms with Crippen LogP contribution in [0.2, 0.25) is 0 Å². The van der Waals surface area contributed by atoms with Crippen LogP contribution in [0.25, 0.3) is 0 Å². The van der Waals surface area contributed by atoms with E-state index in [1.165, 1.54) is 0 Å². The molecule has 0 saturated heterocycles. The van der Waals surface area contributed by atoms with Crippen LogP contribution in [0.5, 0.6) is 11.5 Å². The normalized spacial score (nSPS) is 22.5. The summed E-state index contributed by atoms with van der Waals surface area (Å²) >= 11 is 0. The Morgan fingerprint density at radius 1 is 1.24 bits per heavy atom. The third kappa shape index (κ3) is 2.06. The fraction of sp³-hybridized carbons (Fsp3) is 0.462. The predicted molar refractivity (Wildman–Crippen MR) is 62.1 cm³/mol. The Morgan fingerprint density at radius 2 is 1.82 bits per heavy atom. The van der Waals surface area contributed by atoms with Crippen molar-refractivity contribution in [3.8, 4) is 17.6 Å². The Balaban J connectivity index is 2.43. The van der Waals surface area contributed by atoms with Gasteiger partial charge in [0.2, 0.25) is 0 Å². The molecule has 1 aliphatic rings. The van der Waals surface area contributed by atoms with Gasteiger partial charge in [-0.2, -0.15) is 5.26 Å². The lowest BCUT2D eigenvalue weighted by Gasteiger charge is -2.28. The first-order chi connectivity index (χ1) is 8.11. The maximum Gasteiger partial charge on any atom is 0.161 e. The number of nitriles is 1. The van der Waals surface area contributed by atoms with Crippen molar-refractivity contribution in [1.29, 1.82) is 5.26 Å². The van der Waals surface area contributed by atoms with E-state index >= 15 is 0 Å². The van der Waals surface area contributed by atoms with Gasteiger partial charge < -0.3 is 14.6 Å². The second kappa shape index (κ2) is 4.27. The average Bonchev–Trinajstić information content (AvgIpc) is 2.37. The summed E-state index contributed by atoms with van der Waals surface area (Å²) in [6.07, 6.45) is 1.49. The van der Waals surface area contributed by atoms with Crippen molar-refractivity contribution in [2.45, 2.75) is 24.9 Å². The van der Waals surface area contributed by atoms with Gasteiger partial charge in [0.15, 0.2) is 17.1 Å². The highest BCUT2D eigenvalue weighted by Crippen LogP contribution is 2.36. The van der Waals surface area contributed by atoms with Gasteiger partial charge in [0.25, 0.3) is 0 Å². The molecule has 1 unspecified atom stereocenters. The molecule has 0 radical (unpaired) electrons. The number of methoxy groups -OCH3 is 2. The van der Waals surface area contributed by atoms with Crippen molar-refractivity contribution in [2.24, 2.45) is 0 Å². The topological polar surface area (TPSA) is 62.5 Å². The van der Waals surface area contributed by atoms with Gasteiger partial charge in [0.05, 0.1) is 20.3 Å². The molecule has 90 valence electrons. The highest BCUT2D eigenvalue weighted by molar-refractivity contribution is 5.49. The molecule has 1 N–H and O–H groups in total. The van der Waals surface area contributed by atoms with Gasteiger partial charge in [-0.25, -0.2) is 0 Å². The third-order valence-electron chi connectivity index (χ3n) is 3.20. The van der Waals surface area contributed by atoms with Crippen LogP contribution in [0, 0.1) is 11.3 Å². The first-order valence-electron chi connectivity index (χ1n) is 5.49. The molecule has 0 amide bonds. The number of rotatable bonds is 2. The molecular formula is C13H15NO3. The molecule has 1 atom stereocenters. The van der Waals surface area contributed by atoms with E-state index in [9.17, 15) is 5.11 Å². The lowest BCUT2D eigenvalue weighted by atomic mass is 9.81. The molecule has 0 saturated carbocycles. The quantitative estimate of drug-likeness (QED) is 0.785. The van der Waals surface area contributed by atoms with Gasteiger partial charge in [-0.15, -0.1) is 0 Å². The number of hydrogen-bond acceptors (Lipinski definition) is 4. The molecule has 17 heavy (non-hydrogen) atoms. The SMILES string of the molecule is COc1cc2c(cc1OC)CC(O)(C#N)CC2. The second-order valence-corrected chi connectivity index (χ2v) is 4.30. The minimum atomic E-state index is -1.24. The van der Waals surface area contributed by atoms with E-state index in [0.29, 0.717) is 30.8 Å². The van der Waals surface area contributed by atoms with Crippen molar-refractivity contribution >= 4 is 0 Å². The van der Waals surface area contributed by atoms with Gasteiger partial charge in [-0.05, 0) is 36.1 Å². The van der Waals surface area contributed by atoms with Crippen LogP contribution in [0.1, 0.15) is 17.5 Å². The molecular weight excluding hydrogens is 218 g/mol. The summed E-state index contributed by atoms with van der Waals surface area (Å²) in [5.41, 5.74) is 0.826. The summed E-state index contributed by atoms with van der Waals surface area (Å²) < 4.78 is 10.4. The zero-order valence-corrected chi connectivity index (χ0v) is 9.99. The summed E-state index contributed by atoms with van der Waals surface area (Å²) in [5.74, 6) is 1.32. The number of ether oxygens (including phenoxy) is 2. The molecule has 0 spiro atoms. The van der Waals surface area contributed by atoms with Crippen molar-refractivity contribution in [2.75, 3.05) is 14.2 Å². The van der Waals surface area contributed by atoms with E-state index in [2.05, 4.69) is 0 Å². The lowest BCUT2D eigenvalue weighted by Crippen LogP contribution is -2.33. The van der Waals surface area contributed by atoms with Crippen molar-refractivity contribution in [3.63, 3.8) is 0 Å². The number of hydrogen-bond donors (Lipinski definition) is 1. The van der Waals surface area contributed by atoms with Crippen LogP contribution in [0.4, 0.5) is 0 Å². The Labute approximate surface area is 100 Å². The number of nitrogens with zero attached hydrogens (tertiary/aromatic N) is 1. The molecule has 4 nitrogen and oxygen atoms in total. The highest BCUT2D eigenvalue weighted by Gasteiger charge is 2.32. The second-order valence-electron chi connectivity index (χ2n) is 4.30. The third-order valence-corrected chi connectivity index (χ3v) is 3.20. The molecule has 1 aromatic carbocycles. The zero-order chi connectivity index (χ0) is 12.5. The van der Waals surface area contributed by atoms with Crippen LogP contribution in [0.3, 0.4) is 0 Å². The molecule has 2 rings (SSSR count). The summed E-state index contributed by atoms with van der Waals surface area (Å²) in [6.45, 7) is 0. The van der Waals surface area contributed by atoms with Gasteiger partial charge >= 0.3 is 0 Å². The number of benzene rings is 1. The Hall–Kier alpha value is -1.73. The van der Waals surface area contributed by atoms with Gasteiger partial charge in [-0.1, -0.05) is 0 Å². The lowest BCUT2D eigenvalue weighted by molar-refractivity contribution is 0.0838. The maximum absolute atomic E-state index is 9.98. The van der Waals surface area contributed by atoms with E-state index in [1.54, 1.807) is 14.2 Å². The Kier molecular flexibility index (Phi) is 2.95. The summed E-state index contributed by atoms with van der Waals surface area (Å²) in [6, 6.07) is 5.74. The first-order valence-corrected chi connectivity index (χ1v) is 5.49. The van der Waals surface area contributed by atoms with Crippen LogP contribution >= 0.6 is 0 Å². The fourth-order valence-corrected chi connectivity index (χ4v) is 2.20. The monoisotopic (exact) mass is 233 g/mol.